The van der Waals surface area contributed by atoms with Gasteiger partial charge in [0.25, 0.3) is 0 Å². The number of hydrogen-bond acceptors (Lipinski definition) is 7. The minimum atomic E-state index is -4.79. The number of alkyl halides is 3. The Morgan fingerprint density at radius 1 is 1.25 bits per heavy atom. The Bertz CT molecular complexity index is 1350. The number of rotatable bonds is 4. The fraction of sp³-hybridized carbons (Fsp3) is 0.368. The minimum Gasteiger partial charge on any atom is -0.369 e. The lowest BCUT2D eigenvalue weighted by molar-refractivity contribution is -0.144. The smallest absolute Gasteiger partial charge is 0.369 e. The van der Waals surface area contributed by atoms with Gasteiger partial charge in [0.05, 0.1) is 16.7 Å². The largest absolute Gasteiger partial charge is 0.451 e. The van der Waals surface area contributed by atoms with E-state index < -0.39 is 28.0 Å². The van der Waals surface area contributed by atoms with Gasteiger partial charge in [-0.3, -0.25) is 4.40 Å². The van der Waals surface area contributed by atoms with Crippen LogP contribution < -0.4 is 10.5 Å². The fourth-order valence-corrected chi connectivity index (χ4v) is 5.00. The van der Waals surface area contributed by atoms with Gasteiger partial charge in [-0.05, 0) is 43.9 Å². The molecule has 4 rings (SSSR count). The summed E-state index contributed by atoms with van der Waals surface area (Å²) in [5.41, 5.74) is 6.89. The summed E-state index contributed by atoms with van der Waals surface area (Å²) in [7, 11) is -3.88. The van der Waals surface area contributed by atoms with Gasteiger partial charge in [-0.2, -0.15) is 28.4 Å². The second-order valence-electron chi connectivity index (χ2n) is 7.63. The maximum atomic E-state index is 13.0. The van der Waals surface area contributed by atoms with Gasteiger partial charge in [0.15, 0.2) is 0 Å². The molecule has 1 aliphatic rings. The maximum absolute atomic E-state index is 13.0. The molecule has 2 atom stereocenters. The third kappa shape index (κ3) is 4.11. The number of sulfonamides is 1. The highest BCUT2D eigenvalue weighted by Gasteiger charge is 2.36. The molecule has 1 fully saturated rings. The third-order valence-electron chi connectivity index (χ3n) is 5.35. The van der Waals surface area contributed by atoms with Crippen molar-refractivity contribution in [1.82, 2.24) is 24.1 Å². The average molecular weight is 465 g/mol. The summed E-state index contributed by atoms with van der Waals surface area (Å²) < 4.78 is 68.4. The third-order valence-corrected chi connectivity index (χ3v) is 6.86. The molecular formula is C19H18F3N7O2S. The van der Waals surface area contributed by atoms with Crippen molar-refractivity contribution in [3.63, 3.8) is 0 Å². The summed E-state index contributed by atoms with van der Waals surface area (Å²) in [5.74, 6) is -2.34. The summed E-state index contributed by atoms with van der Waals surface area (Å²) >= 11 is 0. The molecule has 3 aromatic rings. The zero-order chi connectivity index (χ0) is 23.3. The maximum Gasteiger partial charge on any atom is 0.451 e. The van der Waals surface area contributed by atoms with Crippen LogP contribution >= 0.6 is 0 Å². The van der Waals surface area contributed by atoms with Crippen molar-refractivity contribution in [2.75, 3.05) is 5.73 Å². The average Bonchev–Trinajstić information content (AvgIpc) is 3.34. The summed E-state index contributed by atoms with van der Waals surface area (Å²) in [6.45, 7) is 1.72. The molecule has 1 aromatic carbocycles. The van der Waals surface area contributed by atoms with E-state index in [2.05, 4.69) is 25.7 Å². The van der Waals surface area contributed by atoms with Gasteiger partial charge in [0.1, 0.15) is 0 Å². The van der Waals surface area contributed by atoms with E-state index in [9.17, 15) is 21.6 Å². The first-order valence-corrected chi connectivity index (χ1v) is 11.1. The van der Waals surface area contributed by atoms with E-state index in [1.807, 2.05) is 0 Å². The van der Waals surface area contributed by atoms with Crippen LogP contribution in [0.5, 0.6) is 0 Å². The van der Waals surface area contributed by atoms with Crippen LogP contribution in [0.4, 0.5) is 19.1 Å². The lowest BCUT2D eigenvalue weighted by atomic mass is 10.1. The molecule has 3 N–H and O–H groups in total. The topological polar surface area (TPSA) is 139 Å². The molecule has 0 aliphatic heterocycles. The molecule has 9 nitrogen and oxygen atoms in total. The predicted octanol–water partition coefficient (Wildman–Crippen LogP) is 2.67. The number of nitrogens with two attached hydrogens (primary N) is 1. The summed E-state index contributed by atoms with van der Waals surface area (Å²) in [4.78, 5) is 10.8. The lowest BCUT2D eigenvalue weighted by Gasteiger charge is -2.14. The standard InChI is InChI=1S/C19H18F3N7O2S/c1-10-2-5-13(32(30,31)28-12-4-3-11(6-12)8-23)7-14(10)15-9-29-17(24)26-16(19(20,21)22)27-18(29)25-15/h2,5,7,9,11-12,28H,3-4,6H2,1H3,(H2,24,25,26,27)/t11-,12+/m1/s1. The molecule has 0 amide bonds. The molecule has 0 saturated heterocycles. The number of nitrogens with one attached hydrogen (secondary N) is 1. The number of aryl methyl sites for hydroxylation is 1. The highest BCUT2D eigenvalue weighted by molar-refractivity contribution is 7.89. The summed E-state index contributed by atoms with van der Waals surface area (Å²) in [6.07, 6.45) is -1.79. The van der Waals surface area contributed by atoms with Crippen molar-refractivity contribution in [3.05, 3.63) is 35.8 Å². The van der Waals surface area contributed by atoms with Crippen LogP contribution in [0.25, 0.3) is 17.0 Å². The highest BCUT2D eigenvalue weighted by Crippen LogP contribution is 2.30. The monoisotopic (exact) mass is 465 g/mol. The van der Waals surface area contributed by atoms with Gasteiger partial charge in [-0.25, -0.2) is 18.1 Å². The Balaban J connectivity index is 1.71. The van der Waals surface area contributed by atoms with Crippen molar-refractivity contribution in [2.45, 2.75) is 43.3 Å². The molecule has 13 heteroatoms. The zero-order valence-electron chi connectivity index (χ0n) is 16.8. The number of nitrogens with zero attached hydrogens (tertiary/aromatic N) is 5. The van der Waals surface area contributed by atoms with E-state index in [1.165, 1.54) is 18.3 Å². The van der Waals surface area contributed by atoms with Crippen LogP contribution in [0, 0.1) is 24.2 Å². The Kier molecular flexibility index (Phi) is 5.30. The molecule has 1 aliphatic carbocycles. The second kappa shape index (κ2) is 7.72. The lowest BCUT2D eigenvalue weighted by Crippen LogP contribution is -2.33. The second-order valence-corrected chi connectivity index (χ2v) is 9.35. The van der Waals surface area contributed by atoms with E-state index >= 15 is 0 Å². The van der Waals surface area contributed by atoms with Crippen LogP contribution in [-0.4, -0.2) is 33.8 Å². The van der Waals surface area contributed by atoms with E-state index in [4.69, 9.17) is 11.0 Å². The molecular weight excluding hydrogens is 447 g/mol. The zero-order valence-corrected chi connectivity index (χ0v) is 17.6. The summed E-state index contributed by atoms with van der Waals surface area (Å²) in [6, 6.07) is 6.23. The van der Waals surface area contributed by atoms with Gasteiger partial charge in [-0.1, -0.05) is 6.07 Å². The number of imidazole rings is 1. The van der Waals surface area contributed by atoms with Gasteiger partial charge in [0.2, 0.25) is 27.6 Å². The van der Waals surface area contributed by atoms with E-state index in [-0.39, 0.29) is 28.3 Å². The predicted molar refractivity (Wildman–Crippen MR) is 107 cm³/mol. The van der Waals surface area contributed by atoms with Crippen LogP contribution in [0.2, 0.25) is 0 Å². The minimum absolute atomic E-state index is 0.0226. The Labute approximate surface area is 181 Å². The normalized spacial score (nSPS) is 19.3. The van der Waals surface area contributed by atoms with Gasteiger partial charge < -0.3 is 5.73 Å². The van der Waals surface area contributed by atoms with E-state index in [0.717, 1.165) is 4.40 Å². The van der Waals surface area contributed by atoms with Crippen molar-refractivity contribution in [2.24, 2.45) is 5.92 Å². The SMILES string of the molecule is Cc1ccc(S(=O)(=O)N[C@H]2CC[C@@H](C#N)C2)cc1-c1cn2c(N)nc(C(F)(F)F)nc2n1. The first kappa shape index (κ1) is 22.0. The first-order valence-electron chi connectivity index (χ1n) is 9.60. The molecule has 0 spiro atoms. The molecule has 168 valence electrons. The number of aromatic nitrogens is 4. The van der Waals surface area contributed by atoms with Crippen molar-refractivity contribution in [3.8, 4) is 17.3 Å². The fourth-order valence-electron chi connectivity index (χ4n) is 3.69. The number of fused-ring (bicyclic) bond motifs is 1. The summed E-state index contributed by atoms with van der Waals surface area (Å²) in [5, 5.41) is 9.02. The van der Waals surface area contributed by atoms with Gasteiger partial charge in [-0.15, -0.1) is 0 Å². The molecule has 1 saturated carbocycles. The van der Waals surface area contributed by atoms with Crippen LogP contribution in [-0.2, 0) is 16.2 Å². The Morgan fingerprint density at radius 2 is 2.00 bits per heavy atom. The van der Waals surface area contributed by atoms with Crippen LogP contribution in [0.1, 0.15) is 30.7 Å². The van der Waals surface area contributed by atoms with Crippen molar-refractivity contribution < 1.29 is 21.6 Å². The van der Waals surface area contributed by atoms with E-state index in [1.54, 1.807) is 13.0 Å². The first-order chi connectivity index (χ1) is 15.0. The Morgan fingerprint density at radius 3 is 2.66 bits per heavy atom. The number of benzene rings is 1. The molecule has 2 heterocycles. The van der Waals surface area contributed by atoms with Crippen molar-refractivity contribution >= 4 is 21.7 Å². The van der Waals surface area contributed by atoms with E-state index in [0.29, 0.717) is 30.4 Å². The number of nitriles is 1. The van der Waals surface area contributed by atoms with Gasteiger partial charge >= 0.3 is 6.18 Å². The molecule has 32 heavy (non-hydrogen) atoms. The number of nitrogen functional groups attached to an aromatic ring is 1. The van der Waals surface area contributed by atoms with Crippen molar-refractivity contribution in [1.29, 1.82) is 5.26 Å². The highest BCUT2D eigenvalue weighted by atomic mass is 32.2. The molecule has 0 unspecified atom stereocenters. The number of hydrogen-bond donors (Lipinski definition) is 2. The Hall–Kier alpha value is -3.24. The molecule has 0 radical (unpaired) electrons. The molecule has 0 bridgehead atoms. The number of halogens is 3. The number of anilines is 1. The van der Waals surface area contributed by atoms with Crippen LogP contribution in [0.3, 0.4) is 0 Å². The van der Waals surface area contributed by atoms with Gasteiger partial charge in [0, 0.05) is 23.7 Å². The quantitative estimate of drug-likeness (QED) is 0.604. The van der Waals surface area contributed by atoms with Crippen LogP contribution in [0.15, 0.2) is 29.3 Å². The molecule has 2 aromatic heterocycles.